The zero-order chi connectivity index (χ0) is 17.6. The minimum absolute atomic E-state index is 0.0322. The lowest BCUT2D eigenvalue weighted by atomic mass is 10.1. The van der Waals surface area contributed by atoms with Crippen LogP contribution in [0.5, 0.6) is 5.75 Å². The Balaban J connectivity index is 1.79. The Hall–Kier alpha value is -1.53. The molecule has 0 fully saturated rings. The molecule has 1 heterocycles. The Morgan fingerprint density at radius 3 is 2.68 bits per heavy atom. The SMILES string of the molecule is S=C(Oc1ccccc1)SC(Cn1ccnc1)c1ccc(Cl)cc1Cl. The first-order valence-electron chi connectivity index (χ1n) is 7.46. The van der Waals surface area contributed by atoms with Gasteiger partial charge < -0.3 is 9.30 Å². The number of hydrogen-bond acceptors (Lipinski definition) is 4. The zero-order valence-electron chi connectivity index (χ0n) is 13.0. The molecule has 3 rings (SSSR count). The molecule has 2 aromatic carbocycles. The number of thioether (sulfide) groups is 1. The second kappa shape index (κ2) is 8.72. The van der Waals surface area contributed by atoms with Crippen LogP contribution in [-0.2, 0) is 6.54 Å². The van der Waals surface area contributed by atoms with Gasteiger partial charge in [0.2, 0.25) is 4.38 Å². The fourth-order valence-electron chi connectivity index (χ4n) is 2.27. The van der Waals surface area contributed by atoms with E-state index in [1.165, 1.54) is 11.8 Å². The van der Waals surface area contributed by atoms with Crippen LogP contribution < -0.4 is 4.74 Å². The highest BCUT2D eigenvalue weighted by atomic mass is 35.5. The van der Waals surface area contributed by atoms with Gasteiger partial charge in [-0.1, -0.05) is 59.2 Å². The number of aromatic nitrogens is 2. The molecule has 3 aromatic rings. The number of benzene rings is 2. The Bertz CT molecular complexity index is 842. The molecule has 1 atom stereocenters. The third-order valence-electron chi connectivity index (χ3n) is 3.43. The van der Waals surface area contributed by atoms with Crippen molar-refractivity contribution < 1.29 is 4.74 Å². The van der Waals surface area contributed by atoms with Crippen LogP contribution in [0.25, 0.3) is 0 Å². The number of nitrogens with zero attached hydrogens (tertiary/aromatic N) is 2. The van der Waals surface area contributed by atoms with Crippen molar-refractivity contribution >= 4 is 51.6 Å². The summed E-state index contributed by atoms with van der Waals surface area (Å²) in [5.74, 6) is 0.712. The van der Waals surface area contributed by atoms with Crippen molar-refractivity contribution in [2.45, 2.75) is 11.8 Å². The van der Waals surface area contributed by atoms with E-state index in [0.29, 0.717) is 26.7 Å². The molecule has 0 saturated carbocycles. The van der Waals surface area contributed by atoms with Crippen molar-refractivity contribution in [2.24, 2.45) is 0 Å². The maximum atomic E-state index is 6.40. The van der Waals surface area contributed by atoms with Crippen molar-refractivity contribution in [1.29, 1.82) is 0 Å². The summed E-state index contributed by atoms with van der Waals surface area (Å²) in [6.45, 7) is 0.657. The molecule has 0 bridgehead atoms. The van der Waals surface area contributed by atoms with E-state index in [0.717, 1.165) is 5.56 Å². The summed E-state index contributed by atoms with van der Waals surface area (Å²) in [6.07, 6.45) is 5.40. The smallest absolute Gasteiger partial charge is 0.226 e. The average molecular weight is 409 g/mol. The number of rotatable bonds is 5. The molecule has 0 radical (unpaired) electrons. The van der Waals surface area contributed by atoms with E-state index >= 15 is 0 Å². The largest absolute Gasteiger partial charge is 0.440 e. The van der Waals surface area contributed by atoms with Gasteiger partial charge in [-0.2, -0.15) is 0 Å². The molecular weight excluding hydrogens is 395 g/mol. The number of hydrogen-bond donors (Lipinski definition) is 0. The Labute approximate surface area is 165 Å². The molecule has 7 heteroatoms. The second-order valence-electron chi connectivity index (χ2n) is 5.20. The van der Waals surface area contributed by atoms with Crippen LogP contribution in [0, 0.1) is 0 Å². The molecule has 25 heavy (non-hydrogen) atoms. The quantitative estimate of drug-likeness (QED) is 0.481. The van der Waals surface area contributed by atoms with E-state index < -0.39 is 0 Å². The number of ether oxygens (including phenoxy) is 1. The fraction of sp³-hybridized carbons (Fsp3) is 0.111. The molecule has 0 amide bonds. The Kier molecular flexibility index (Phi) is 6.37. The van der Waals surface area contributed by atoms with Gasteiger partial charge in [0.25, 0.3) is 0 Å². The van der Waals surface area contributed by atoms with Gasteiger partial charge in [0.1, 0.15) is 5.75 Å². The first-order chi connectivity index (χ1) is 12.1. The first-order valence-corrected chi connectivity index (χ1v) is 9.50. The monoisotopic (exact) mass is 408 g/mol. The topological polar surface area (TPSA) is 27.1 Å². The predicted octanol–water partition coefficient (Wildman–Crippen LogP) is 6.03. The number of para-hydroxylation sites is 1. The Morgan fingerprint density at radius 2 is 2.00 bits per heavy atom. The molecular formula is C18H14Cl2N2OS2. The van der Waals surface area contributed by atoms with Crippen LogP contribution in [0.4, 0.5) is 0 Å². The van der Waals surface area contributed by atoms with Gasteiger partial charge in [-0.05, 0) is 42.0 Å². The summed E-state index contributed by atoms with van der Waals surface area (Å²) in [7, 11) is 0. The summed E-state index contributed by atoms with van der Waals surface area (Å²) in [5.41, 5.74) is 0.948. The highest BCUT2D eigenvalue weighted by Crippen LogP contribution is 2.37. The molecule has 3 nitrogen and oxygen atoms in total. The van der Waals surface area contributed by atoms with Crippen LogP contribution >= 0.6 is 47.2 Å². The van der Waals surface area contributed by atoms with Crippen LogP contribution in [0.3, 0.4) is 0 Å². The normalized spacial score (nSPS) is 11.9. The van der Waals surface area contributed by atoms with E-state index in [9.17, 15) is 0 Å². The summed E-state index contributed by atoms with van der Waals surface area (Å²) in [6, 6.07) is 15.0. The fourth-order valence-corrected chi connectivity index (χ4v) is 4.28. The van der Waals surface area contributed by atoms with Gasteiger partial charge in [-0.25, -0.2) is 4.98 Å². The van der Waals surface area contributed by atoms with Gasteiger partial charge >= 0.3 is 0 Å². The van der Waals surface area contributed by atoms with Crippen LogP contribution in [-0.4, -0.2) is 13.9 Å². The van der Waals surface area contributed by atoms with Crippen LogP contribution in [0.1, 0.15) is 10.8 Å². The number of thiocarbonyl (C=S) groups is 1. The molecule has 0 spiro atoms. The maximum Gasteiger partial charge on any atom is 0.226 e. The molecule has 0 N–H and O–H groups in total. The third-order valence-corrected chi connectivity index (χ3v) is 5.33. The molecule has 0 saturated heterocycles. The van der Waals surface area contributed by atoms with Crippen LogP contribution in [0.15, 0.2) is 67.3 Å². The molecule has 0 aliphatic rings. The third kappa shape index (κ3) is 5.22. The van der Waals surface area contributed by atoms with Crippen molar-refractivity contribution in [2.75, 3.05) is 0 Å². The summed E-state index contributed by atoms with van der Waals surface area (Å²) < 4.78 is 8.16. The van der Waals surface area contributed by atoms with Crippen molar-refractivity contribution in [1.82, 2.24) is 9.55 Å². The standard InChI is InChI=1S/C18H14Cl2N2OS2/c19-13-6-7-15(16(20)10-13)17(11-22-9-8-21-12-22)25-18(24)23-14-4-2-1-3-5-14/h1-10,12,17H,11H2. The average Bonchev–Trinajstić information content (AvgIpc) is 3.08. The van der Waals surface area contributed by atoms with Crippen molar-refractivity contribution in [3.05, 3.63) is 82.9 Å². The van der Waals surface area contributed by atoms with E-state index in [4.69, 9.17) is 40.2 Å². The zero-order valence-corrected chi connectivity index (χ0v) is 16.2. The van der Waals surface area contributed by atoms with Gasteiger partial charge in [-0.3, -0.25) is 0 Å². The second-order valence-corrected chi connectivity index (χ2v) is 7.85. The lowest BCUT2D eigenvalue weighted by Crippen LogP contribution is -2.10. The molecule has 128 valence electrons. The van der Waals surface area contributed by atoms with Crippen LogP contribution in [0.2, 0.25) is 10.0 Å². The van der Waals surface area contributed by atoms with Crippen molar-refractivity contribution in [3.63, 3.8) is 0 Å². The van der Waals surface area contributed by atoms with Crippen molar-refractivity contribution in [3.8, 4) is 5.75 Å². The minimum atomic E-state index is -0.0322. The van der Waals surface area contributed by atoms with E-state index in [-0.39, 0.29) is 5.25 Å². The molecule has 1 aromatic heterocycles. The molecule has 0 aliphatic carbocycles. The van der Waals surface area contributed by atoms with E-state index in [1.54, 1.807) is 18.6 Å². The lowest BCUT2D eigenvalue weighted by Gasteiger charge is -2.19. The number of halogens is 2. The Morgan fingerprint density at radius 1 is 1.20 bits per heavy atom. The van der Waals surface area contributed by atoms with Gasteiger partial charge in [-0.15, -0.1) is 0 Å². The summed E-state index contributed by atoms with van der Waals surface area (Å²) >= 11 is 19.3. The van der Waals surface area contributed by atoms with E-state index in [2.05, 4.69) is 4.98 Å². The highest BCUT2D eigenvalue weighted by molar-refractivity contribution is 8.22. The lowest BCUT2D eigenvalue weighted by molar-refractivity contribution is 0.578. The molecule has 0 aliphatic heterocycles. The maximum absolute atomic E-state index is 6.40. The van der Waals surface area contributed by atoms with Gasteiger partial charge in [0, 0.05) is 29.0 Å². The van der Waals surface area contributed by atoms with Gasteiger partial charge in [0.15, 0.2) is 0 Å². The van der Waals surface area contributed by atoms with Gasteiger partial charge in [0.05, 0.1) is 11.6 Å². The summed E-state index contributed by atoms with van der Waals surface area (Å²) in [5, 5.41) is 1.17. The first kappa shape index (κ1) is 18.3. The highest BCUT2D eigenvalue weighted by Gasteiger charge is 2.20. The number of imidazole rings is 1. The minimum Gasteiger partial charge on any atom is -0.440 e. The summed E-state index contributed by atoms with van der Waals surface area (Å²) in [4.78, 5) is 4.09. The predicted molar refractivity (Wildman–Crippen MR) is 109 cm³/mol. The van der Waals surface area contributed by atoms with E-state index in [1.807, 2.05) is 53.2 Å². The molecule has 1 unspecified atom stereocenters.